The zero-order valence-electron chi connectivity index (χ0n) is 24.2. The molecule has 1 heterocycles. The zero-order valence-corrected chi connectivity index (χ0v) is 24.2. The molecule has 0 spiro atoms. The van der Waals surface area contributed by atoms with Crippen LogP contribution in [0.2, 0.25) is 0 Å². The van der Waals surface area contributed by atoms with Gasteiger partial charge in [-0.1, -0.05) is 52.3 Å². The molecule has 212 valence electrons. The largest absolute Gasteiger partial charge is 0.458 e. The highest BCUT2D eigenvalue weighted by Gasteiger charge is 2.72. The van der Waals surface area contributed by atoms with Crippen LogP contribution in [0.25, 0.3) is 0 Å². The van der Waals surface area contributed by atoms with Gasteiger partial charge in [0.05, 0.1) is 0 Å². The molecule has 2 saturated carbocycles. The molecule has 0 saturated heterocycles. The smallest absolute Gasteiger partial charge is 0.336 e. The van der Waals surface area contributed by atoms with Gasteiger partial charge in [-0.05, 0) is 48.2 Å². The van der Waals surface area contributed by atoms with E-state index in [9.17, 15) is 19.2 Å². The van der Waals surface area contributed by atoms with E-state index >= 15 is 0 Å². The monoisotopic (exact) mass is 540 g/mol. The maximum absolute atomic E-state index is 13.2. The molecule has 2 fully saturated rings. The molecule has 5 aliphatic rings. The Kier molecular flexibility index (Phi) is 6.33. The van der Waals surface area contributed by atoms with Crippen molar-refractivity contribution in [3.8, 4) is 0 Å². The van der Waals surface area contributed by atoms with Gasteiger partial charge in [0.2, 0.25) is 6.29 Å². The van der Waals surface area contributed by atoms with Crippen molar-refractivity contribution in [2.75, 3.05) is 7.11 Å². The Hall–Kier alpha value is -2.74. The molecule has 0 radical (unpaired) electrons. The first-order chi connectivity index (χ1) is 18.1. The summed E-state index contributed by atoms with van der Waals surface area (Å²) in [6.45, 7) is 13.0. The van der Waals surface area contributed by atoms with Crippen molar-refractivity contribution in [2.24, 2.45) is 39.4 Å². The molecule has 0 aromatic rings. The van der Waals surface area contributed by atoms with Gasteiger partial charge in [0.25, 0.3) is 0 Å². The molecule has 0 aromatic heterocycles. The molecule has 0 N–H and O–H groups in total. The summed E-state index contributed by atoms with van der Waals surface area (Å²) in [6, 6.07) is 0. The van der Waals surface area contributed by atoms with Gasteiger partial charge < -0.3 is 18.9 Å². The highest BCUT2D eigenvalue weighted by molar-refractivity contribution is 5.96. The predicted molar refractivity (Wildman–Crippen MR) is 141 cm³/mol. The van der Waals surface area contributed by atoms with Gasteiger partial charge in [-0.2, -0.15) is 0 Å². The fourth-order valence-electron chi connectivity index (χ4n) is 9.38. The first-order valence-electron chi connectivity index (χ1n) is 13.9. The van der Waals surface area contributed by atoms with Crippen molar-refractivity contribution in [3.63, 3.8) is 0 Å². The van der Waals surface area contributed by atoms with Crippen LogP contribution in [-0.2, 0) is 38.1 Å². The molecule has 0 amide bonds. The summed E-state index contributed by atoms with van der Waals surface area (Å²) < 4.78 is 22.9. The van der Waals surface area contributed by atoms with E-state index in [2.05, 4.69) is 26.8 Å². The van der Waals surface area contributed by atoms with Crippen LogP contribution >= 0.6 is 0 Å². The van der Waals surface area contributed by atoms with E-state index in [-0.39, 0.29) is 23.6 Å². The number of allylic oxidation sites excluding steroid dienone is 3. The minimum atomic E-state index is -0.843. The van der Waals surface area contributed by atoms with Crippen LogP contribution in [0, 0.1) is 39.4 Å². The molecule has 8 nitrogen and oxygen atoms in total. The number of ether oxygens (including phenoxy) is 4. The Morgan fingerprint density at radius 2 is 1.69 bits per heavy atom. The first kappa shape index (κ1) is 27.8. The van der Waals surface area contributed by atoms with Crippen LogP contribution in [0.15, 0.2) is 35.5 Å². The van der Waals surface area contributed by atoms with E-state index in [4.69, 9.17) is 18.9 Å². The minimum absolute atomic E-state index is 0.0101. The third kappa shape index (κ3) is 3.73. The number of methoxy groups -OCH3 is 1. The normalized spacial score (nSPS) is 43.9. The van der Waals surface area contributed by atoms with Crippen LogP contribution in [0.5, 0.6) is 0 Å². The molecule has 8 heteroatoms. The summed E-state index contributed by atoms with van der Waals surface area (Å²) in [5.41, 5.74) is -0.770. The summed E-state index contributed by atoms with van der Waals surface area (Å²) >= 11 is 0. The molecule has 0 bridgehead atoms. The molecule has 1 aliphatic heterocycles. The lowest BCUT2D eigenvalue weighted by Crippen LogP contribution is -2.70. The summed E-state index contributed by atoms with van der Waals surface area (Å²) in [5, 5.41) is 0. The average Bonchev–Trinajstić information content (AvgIpc) is 3.38. The lowest BCUT2D eigenvalue weighted by atomic mass is 9.37. The fourth-order valence-corrected chi connectivity index (χ4v) is 9.38. The van der Waals surface area contributed by atoms with Gasteiger partial charge in [-0.3, -0.25) is 14.4 Å². The maximum atomic E-state index is 13.2. The average molecular weight is 541 g/mol. The van der Waals surface area contributed by atoms with Crippen LogP contribution in [0.4, 0.5) is 0 Å². The lowest BCUT2D eigenvalue weighted by Gasteiger charge is -2.67. The van der Waals surface area contributed by atoms with Gasteiger partial charge in [0.15, 0.2) is 5.78 Å². The highest BCUT2D eigenvalue weighted by atomic mass is 16.7. The van der Waals surface area contributed by atoms with Crippen LogP contribution < -0.4 is 0 Å². The van der Waals surface area contributed by atoms with Crippen LogP contribution in [0.3, 0.4) is 0 Å². The van der Waals surface area contributed by atoms with E-state index in [0.717, 1.165) is 18.4 Å². The SMILES string of the molecule is COC1C=C([C@@H]2CC=C3[C@]4(C)[C@H](OC(C)=O)[C@H](OC(C)=O)[C@H]5C(C)(C)C(=O)C=C[C@]5(C)[C@H]4CC[C@]32C)C(=O)O1. The van der Waals surface area contributed by atoms with Crippen molar-refractivity contribution >= 4 is 23.7 Å². The Morgan fingerprint density at radius 1 is 1.03 bits per heavy atom. The van der Waals surface area contributed by atoms with Gasteiger partial charge in [0.1, 0.15) is 12.2 Å². The van der Waals surface area contributed by atoms with E-state index in [1.807, 2.05) is 19.9 Å². The molecule has 39 heavy (non-hydrogen) atoms. The summed E-state index contributed by atoms with van der Waals surface area (Å²) in [7, 11) is 1.51. The van der Waals surface area contributed by atoms with Gasteiger partial charge in [-0.25, -0.2) is 4.79 Å². The summed E-state index contributed by atoms with van der Waals surface area (Å²) in [6.07, 6.45) is 7.53. The van der Waals surface area contributed by atoms with Crippen molar-refractivity contribution < 1.29 is 38.1 Å². The fraction of sp³-hybridized carbons (Fsp3) is 0.677. The highest BCUT2D eigenvalue weighted by Crippen LogP contribution is 2.72. The number of carbonyl (C=O) groups is 4. The van der Waals surface area contributed by atoms with Crippen LogP contribution in [0.1, 0.15) is 67.7 Å². The number of hydrogen-bond acceptors (Lipinski definition) is 8. The summed E-state index contributed by atoms with van der Waals surface area (Å²) in [4.78, 5) is 51.3. The number of ketones is 1. The van der Waals surface area contributed by atoms with E-state index in [0.29, 0.717) is 12.0 Å². The topological polar surface area (TPSA) is 105 Å². The molecule has 0 aromatic carbocycles. The Labute approximate surface area is 230 Å². The number of fused-ring (bicyclic) bond motifs is 5. The number of esters is 3. The zero-order chi connectivity index (χ0) is 28.7. The second-order valence-electron chi connectivity index (χ2n) is 13.2. The third-order valence-corrected chi connectivity index (χ3v) is 10.8. The van der Waals surface area contributed by atoms with Gasteiger partial charge in [-0.15, -0.1) is 0 Å². The maximum Gasteiger partial charge on any atom is 0.336 e. The van der Waals surface area contributed by atoms with Gasteiger partial charge >= 0.3 is 17.9 Å². The minimum Gasteiger partial charge on any atom is -0.458 e. The van der Waals surface area contributed by atoms with Crippen molar-refractivity contribution in [2.45, 2.75) is 86.2 Å². The van der Waals surface area contributed by atoms with E-state index in [1.54, 1.807) is 12.2 Å². The third-order valence-electron chi connectivity index (χ3n) is 10.8. The van der Waals surface area contributed by atoms with E-state index in [1.165, 1.54) is 21.0 Å². The number of cyclic esters (lactones) is 1. The standard InChI is InChI=1S/C31H40O8/c1-16(32)37-24-25-28(3,4)22(34)12-14-30(25,6)21-11-13-29(5)19(18-15-23(36-8)39-27(18)35)9-10-20(29)31(21,7)26(24)38-17(2)33/h10,12,14-15,19,21,23-26H,9,11,13H2,1-8H3/t19-,21+,23?,24+,25-,26+,29-,30+,31-/m0/s1. The Bertz CT molecular complexity index is 1220. The number of hydrogen-bond donors (Lipinski definition) is 0. The Balaban J connectivity index is 1.69. The number of carbonyl (C=O) groups excluding carboxylic acids is 4. The molecular formula is C31H40O8. The molecule has 1 unspecified atom stereocenters. The first-order valence-corrected chi connectivity index (χ1v) is 13.9. The second kappa shape index (κ2) is 8.88. The van der Waals surface area contributed by atoms with Crippen LogP contribution in [-0.4, -0.2) is 49.3 Å². The van der Waals surface area contributed by atoms with Crippen molar-refractivity contribution in [3.05, 3.63) is 35.5 Å². The predicted octanol–water partition coefficient (Wildman–Crippen LogP) is 4.48. The number of rotatable bonds is 4. The van der Waals surface area contributed by atoms with Crippen molar-refractivity contribution in [1.82, 2.24) is 0 Å². The quantitative estimate of drug-likeness (QED) is 0.292. The lowest BCUT2D eigenvalue weighted by molar-refractivity contribution is -0.237. The second-order valence-corrected chi connectivity index (χ2v) is 13.2. The molecule has 5 rings (SSSR count). The Morgan fingerprint density at radius 3 is 2.28 bits per heavy atom. The van der Waals surface area contributed by atoms with Crippen molar-refractivity contribution in [1.29, 1.82) is 0 Å². The van der Waals surface area contributed by atoms with Gasteiger partial charge in [0, 0.05) is 49.2 Å². The molecule has 4 aliphatic carbocycles. The van der Waals surface area contributed by atoms with E-state index < -0.39 is 58.0 Å². The molecular weight excluding hydrogens is 500 g/mol. The molecule has 9 atom stereocenters. The summed E-state index contributed by atoms with van der Waals surface area (Å²) in [5.74, 6) is -1.88.